The Morgan fingerprint density at radius 1 is 1.10 bits per heavy atom. The van der Waals surface area contributed by atoms with Gasteiger partial charge in [-0.3, -0.25) is 0 Å². The molecule has 0 aliphatic rings. The third-order valence-corrected chi connectivity index (χ3v) is 2.33. The molecule has 1 aromatic heterocycles. The molecule has 0 amide bonds. The molecular weight excluding hydrogens is 280 g/mol. The van der Waals surface area contributed by atoms with E-state index >= 15 is 0 Å². The van der Waals surface area contributed by atoms with Gasteiger partial charge in [0.25, 0.3) is 0 Å². The van der Waals surface area contributed by atoms with Crippen molar-refractivity contribution >= 4 is 17.5 Å². The molecule has 4 nitrogen and oxygen atoms in total. The summed E-state index contributed by atoms with van der Waals surface area (Å²) in [5.74, 6) is -7.25. The van der Waals surface area contributed by atoms with Gasteiger partial charge >= 0.3 is 5.97 Å². The Labute approximate surface area is 109 Å². The van der Waals surface area contributed by atoms with Gasteiger partial charge in [0.05, 0.1) is 6.20 Å². The monoisotopic (exact) mass is 286 g/mol. The van der Waals surface area contributed by atoms with Gasteiger partial charge in [-0.25, -0.2) is 27.3 Å². The van der Waals surface area contributed by atoms with Crippen LogP contribution in [0.3, 0.4) is 0 Å². The van der Waals surface area contributed by atoms with E-state index in [9.17, 15) is 22.4 Å². The summed E-state index contributed by atoms with van der Waals surface area (Å²) in [6.07, 6.45) is 0.727. The van der Waals surface area contributed by atoms with Gasteiger partial charge in [-0.1, -0.05) is 0 Å². The van der Waals surface area contributed by atoms with Gasteiger partial charge in [-0.05, 0) is 6.07 Å². The summed E-state index contributed by atoms with van der Waals surface area (Å²) in [6.45, 7) is 0. The number of pyridine rings is 1. The number of anilines is 2. The number of hydrogen-bond acceptors (Lipinski definition) is 3. The highest BCUT2D eigenvalue weighted by atomic mass is 19.2. The molecule has 0 aliphatic carbocycles. The maximum absolute atomic E-state index is 13.0. The fourth-order valence-electron chi connectivity index (χ4n) is 1.47. The van der Waals surface area contributed by atoms with Crippen LogP contribution in [0, 0.1) is 23.3 Å². The molecule has 0 fully saturated rings. The highest BCUT2D eigenvalue weighted by Crippen LogP contribution is 2.23. The van der Waals surface area contributed by atoms with E-state index in [4.69, 9.17) is 5.11 Å². The molecule has 8 heteroatoms. The quantitative estimate of drug-likeness (QED) is 0.672. The average molecular weight is 286 g/mol. The van der Waals surface area contributed by atoms with Crippen molar-refractivity contribution < 1.29 is 27.5 Å². The number of nitrogens with one attached hydrogen (secondary N) is 1. The first-order valence-corrected chi connectivity index (χ1v) is 5.19. The molecule has 0 saturated heterocycles. The second-order valence-corrected chi connectivity index (χ2v) is 3.73. The Hall–Kier alpha value is -2.64. The van der Waals surface area contributed by atoms with Gasteiger partial charge in [0, 0.05) is 17.8 Å². The van der Waals surface area contributed by atoms with Gasteiger partial charge in [-0.15, -0.1) is 0 Å². The molecule has 20 heavy (non-hydrogen) atoms. The number of benzene rings is 1. The van der Waals surface area contributed by atoms with E-state index in [-0.39, 0.29) is 11.5 Å². The Morgan fingerprint density at radius 2 is 1.70 bits per heavy atom. The van der Waals surface area contributed by atoms with Crippen LogP contribution in [-0.4, -0.2) is 16.1 Å². The maximum Gasteiger partial charge on any atom is 0.339 e. The number of aromatic nitrogens is 1. The lowest BCUT2D eigenvalue weighted by molar-refractivity contribution is 0.0697. The minimum absolute atomic E-state index is 0.261. The number of hydrogen-bond donors (Lipinski definition) is 2. The fourth-order valence-corrected chi connectivity index (χ4v) is 1.47. The van der Waals surface area contributed by atoms with Gasteiger partial charge in [0.1, 0.15) is 17.2 Å². The molecule has 104 valence electrons. The van der Waals surface area contributed by atoms with Crippen molar-refractivity contribution in [1.82, 2.24) is 4.98 Å². The predicted octanol–water partition coefficient (Wildman–Crippen LogP) is 3.08. The Bertz CT molecular complexity index is 668. The smallest absolute Gasteiger partial charge is 0.339 e. The molecule has 0 atom stereocenters. The number of aromatic carboxylic acids is 1. The topological polar surface area (TPSA) is 62.2 Å². The van der Waals surface area contributed by atoms with Crippen LogP contribution in [0.5, 0.6) is 0 Å². The molecule has 1 heterocycles. The van der Waals surface area contributed by atoms with E-state index in [0.29, 0.717) is 18.2 Å². The van der Waals surface area contributed by atoms with Crippen LogP contribution in [-0.2, 0) is 0 Å². The lowest BCUT2D eigenvalue weighted by Crippen LogP contribution is -2.06. The van der Waals surface area contributed by atoms with E-state index < -0.39 is 34.8 Å². The number of halogens is 4. The Balaban J connectivity index is 2.42. The zero-order valence-electron chi connectivity index (χ0n) is 9.62. The number of carboxylic acids is 1. The minimum atomic E-state index is -1.65. The first kappa shape index (κ1) is 13.8. The van der Waals surface area contributed by atoms with Crippen molar-refractivity contribution in [3.63, 3.8) is 0 Å². The molecule has 0 aliphatic heterocycles. The van der Waals surface area contributed by atoms with Crippen LogP contribution in [0.1, 0.15) is 10.4 Å². The predicted molar refractivity (Wildman–Crippen MR) is 60.8 cm³/mol. The highest BCUT2D eigenvalue weighted by molar-refractivity contribution is 5.93. The highest BCUT2D eigenvalue weighted by Gasteiger charge is 2.15. The molecule has 0 spiro atoms. The van der Waals surface area contributed by atoms with Crippen LogP contribution in [0.4, 0.5) is 29.1 Å². The molecule has 0 saturated carbocycles. The van der Waals surface area contributed by atoms with Gasteiger partial charge in [-0.2, -0.15) is 0 Å². The molecule has 0 radical (unpaired) electrons. The Kier molecular flexibility index (Phi) is 3.55. The van der Waals surface area contributed by atoms with Crippen molar-refractivity contribution in [2.45, 2.75) is 0 Å². The molecular formula is C12H6F4N2O2. The van der Waals surface area contributed by atoms with Crippen LogP contribution in [0.2, 0.25) is 0 Å². The van der Waals surface area contributed by atoms with E-state index in [1.54, 1.807) is 0 Å². The van der Waals surface area contributed by atoms with Gasteiger partial charge < -0.3 is 10.4 Å². The SMILES string of the molecule is O=C(O)c1cc(F)cnc1Nc1cc(F)c(F)c(F)c1. The summed E-state index contributed by atoms with van der Waals surface area (Å²) in [5, 5.41) is 11.2. The van der Waals surface area contributed by atoms with Gasteiger partial charge in [0.2, 0.25) is 0 Å². The van der Waals surface area contributed by atoms with Crippen molar-refractivity contribution in [2.75, 3.05) is 5.32 Å². The van der Waals surface area contributed by atoms with Crippen molar-refractivity contribution in [3.8, 4) is 0 Å². The third-order valence-electron chi connectivity index (χ3n) is 2.33. The van der Waals surface area contributed by atoms with Crippen molar-refractivity contribution in [3.05, 3.63) is 53.2 Å². The van der Waals surface area contributed by atoms with Crippen LogP contribution >= 0.6 is 0 Å². The fraction of sp³-hybridized carbons (Fsp3) is 0. The molecule has 1 aromatic carbocycles. The van der Waals surface area contributed by atoms with Crippen LogP contribution in [0.15, 0.2) is 24.4 Å². The minimum Gasteiger partial charge on any atom is -0.478 e. The second-order valence-electron chi connectivity index (χ2n) is 3.73. The van der Waals surface area contributed by atoms with Crippen LogP contribution < -0.4 is 5.32 Å². The Morgan fingerprint density at radius 3 is 2.25 bits per heavy atom. The third kappa shape index (κ3) is 2.68. The van der Waals surface area contributed by atoms with Crippen LogP contribution in [0.25, 0.3) is 0 Å². The second kappa shape index (κ2) is 5.16. The lowest BCUT2D eigenvalue weighted by Gasteiger charge is -2.09. The summed E-state index contributed by atoms with van der Waals surface area (Å²) in [5.41, 5.74) is -0.793. The molecule has 2 N–H and O–H groups in total. The first-order valence-electron chi connectivity index (χ1n) is 5.19. The van der Waals surface area contributed by atoms with E-state index in [1.807, 2.05) is 0 Å². The number of nitrogens with zero attached hydrogens (tertiary/aromatic N) is 1. The number of rotatable bonds is 3. The maximum atomic E-state index is 13.0. The summed E-state index contributed by atoms with van der Waals surface area (Å²) in [6, 6.07) is 1.93. The van der Waals surface area contributed by atoms with Crippen molar-refractivity contribution in [1.29, 1.82) is 0 Å². The zero-order chi connectivity index (χ0) is 14.9. The normalized spacial score (nSPS) is 10.4. The van der Waals surface area contributed by atoms with Crippen molar-refractivity contribution in [2.24, 2.45) is 0 Å². The van der Waals surface area contributed by atoms with E-state index in [1.165, 1.54) is 0 Å². The molecule has 0 bridgehead atoms. The summed E-state index contributed by atoms with van der Waals surface area (Å²) < 4.78 is 51.7. The number of carboxylic acid groups (broad SMARTS) is 1. The summed E-state index contributed by atoms with van der Waals surface area (Å²) in [7, 11) is 0. The number of carbonyl (C=O) groups is 1. The lowest BCUT2D eigenvalue weighted by atomic mass is 10.2. The standard InChI is InChI=1S/C12H6F4N2O2/c13-5-1-7(12(19)20)11(17-4-5)18-6-2-8(14)10(16)9(15)3-6/h1-4H,(H,17,18)(H,19,20). The summed E-state index contributed by atoms with van der Waals surface area (Å²) in [4.78, 5) is 14.4. The molecule has 0 unspecified atom stereocenters. The molecule has 2 rings (SSSR count). The molecule has 2 aromatic rings. The first-order chi connectivity index (χ1) is 9.38. The van der Waals surface area contributed by atoms with E-state index in [0.717, 1.165) is 6.20 Å². The van der Waals surface area contributed by atoms with Gasteiger partial charge in [0.15, 0.2) is 17.5 Å². The average Bonchev–Trinajstić information content (AvgIpc) is 2.37. The largest absolute Gasteiger partial charge is 0.478 e. The summed E-state index contributed by atoms with van der Waals surface area (Å²) >= 11 is 0. The zero-order valence-corrected chi connectivity index (χ0v) is 9.62. The van der Waals surface area contributed by atoms with E-state index in [2.05, 4.69) is 10.3 Å².